The molecule has 0 saturated heterocycles. The molecule has 2 heterocycles. The van der Waals surface area contributed by atoms with Crippen molar-refractivity contribution in [3.05, 3.63) is 22.6 Å². The Balaban J connectivity index is 2.74. The molecule has 0 amide bonds. The second kappa shape index (κ2) is 3.10. The summed E-state index contributed by atoms with van der Waals surface area (Å²) in [6.07, 6.45) is -4.51. The van der Waals surface area contributed by atoms with E-state index in [1.54, 1.807) is 6.92 Å². The minimum absolute atomic E-state index is 0.167. The summed E-state index contributed by atoms with van der Waals surface area (Å²) in [7, 11) is 0. The highest BCUT2D eigenvalue weighted by Crippen LogP contribution is 2.32. The predicted molar refractivity (Wildman–Crippen MR) is 48.6 cm³/mol. The van der Waals surface area contributed by atoms with Gasteiger partial charge in [-0.2, -0.15) is 18.3 Å². The number of rotatable bonds is 0. The van der Waals surface area contributed by atoms with Gasteiger partial charge in [0.25, 0.3) is 0 Å². The number of nitrogens with zero attached hydrogens (tertiary/aromatic N) is 2. The van der Waals surface area contributed by atoms with Crippen molar-refractivity contribution in [3.63, 3.8) is 0 Å². The number of H-pyrrole nitrogens is 1. The van der Waals surface area contributed by atoms with E-state index in [2.05, 4.69) is 15.2 Å². The van der Waals surface area contributed by atoms with Gasteiger partial charge in [0, 0.05) is 5.69 Å². The van der Waals surface area contributed by atoms with Crippen LogP contribution in [0.5, 0.6) is 0 Å². The van der Waals surface area contributed by atoms with Crippen LogP contribution in [0.15, 0.2) is 6.07 Å². The fraction of sp³-hybridized carbons (Fsp3) is 0.250. The number of aromatic amines is 1. The summed E-state index contributed by atoms with van der Waals surface area (Å²) in [5.41, 5.74) is -0.275. The Morgan fingerprint density at radius 1 is 1.40 bits per heavy atom. The van der Waals surface area contributed by atoms with Crippen molar-refractivity contribution in [2.24, 2.45) is 0 Å². The van der Waals surface area contributed by atoms with Crippen molar-refractivity contribution in [1.82, 2.24) is 15.2 Å². The SMILES string of the molecule is Cc1[nH]nc2cc(C(F)(F)F)nc(Cl)c12. The van der Waals surface area contributed by atoms with E-state index in [1.165, 1.54) is 0 Å². The minimum Gasteiger partial charge on any atom is -0.282 e. The molecule has 1 N–H and O–H groups in total. The van der Waals surface area contributed by atoms with E-state index in [9.17, 15) is 13.2 Å². The molecule has 0 aliphatic rings. The number of fused-ring (bicyclic) bond motifs is 1. The first kappa shape index (κ1) is 10.2. The van der Waals surface area contributed by atoms with Gasteiger partial charge in [0.15, 0.2) is 0 Å². The van der Waals surface area contributed by atoms with Crippen LogP contribution in [0.25, 0.3) is 10.9 Å². The largest absolute Gasteiger partial charge is 0.433 e. The molecule has 0 spiro atoms. The topological polar surface area (TPSA) is 41.6 Å². The van der Waals surface area contributed by atoms with Crippen LogP contribution >= 0.6 is 11.6 Å². The van der Waals surface area contributed by atoms with Crippen molar-refractivity contribution >= 4 is 22.5 Å². The molecule has 0 aliphatic heterocycles. The third-order valence-corrected chi connectivity index (χ3v) is 2.24. The van der Waals surface area contributed by atoms with Crippen LogP contribution in [0.3, 0.4) is 0 Å². The van der Waals surface area contributed by atoms with Crippen molar-refractivity contribution < 1.29 is 13.2 Å². The van der Waals surface area contributed by atoms with Gasteiger partial charge in [0.2, 0.25) is 0 Å². The maximum atomic E-state index is 12.3. The Morgan fingerprint density at radius 2 is 2.07 bits per heavy atom. The summed E-state index contributed by atoms with van der Waals surface area (Å²) in [6, 6.07) is 0.866. The number of pyridine rings is 1. The quantitative estimate of drug-likeness (QED) is 0.714. The molecule has 0 fully saturated rings. The molecular formula is C8H5ClF3N3. The normalized spacial score (nSPS) is 12.3. The molecule has 2 aromatic rings. The van der Waals surface area contributed by atoms with Gasteiger partial charge in [-0.1, -0.05) is 11.6 Å². The van der Waals surface area contributed by atoms with Gasteiger partial charge < -0.3 is 0 Å². The third kappa shape index (κ3) is 1.65. The van der Waals surface area contributed by atoms with Crippen molar-refractivity contribution in [3.8, 4) is 0 Å². The van der Waals surface area contributed by atoms with Gasteiger partial charge >= 0.3 is 6.18 Å². The summed E-state index contributed by atoms with van der Waals surface area (Å²) in [5, 5.41) is 6.49. The van der Waals surface area contributed by atoms with Gasteiger partial charge in [0.1, 0.15) is 10.8 Å². The lowest BCUT2D eigenvalue weighted by Crippen LogP contribution is -2.07. The lowest BCUT2D eigenvalue weighted by Gasteiger charge is -2.05. The number of alkyl halides is 3. The number of aryl methyl sites for hydroxylation is 1. The van der Waals surface area contributed by atoms with Gasteiger partial charge in [-0.05, 0) is 13.0 Å². The highest BCUT2D eigenvalue weighted by molar-refractivity contribution is 6.34. The summed E-state index contributed by atoms with van der Waals surface area (Å²) in [6.45, 7) is 1.66. The number of hydrogen-bond acceptors (Lipinski definition) is 2. The molecule has 2 rings (SSSR count). The number of halogens is 4. The van der Waals surface area contributed by atoms with Crippen molar-refractivity contribution in [1.29, 1.82) is 0 Å². The summed E-state index contributed by atoms with van der Waals surface area (Å²) in [4.78, 5) is 3.29. The molecule has 0 radical (unpaired) electrons. The maximum absolute atomic E-state index is 12.3. The second-order valence-corrected chi connectivity index (χ2v) is 3.40. The van der Waals surface area contributed by atoms with E-state index < -0.39 is 11.9 Å². The zero-order valence-electron chi connectivity index (χ0n) is 7.48. The van der Waals surface area contributed by atoms with Gasteiger partial charge in [-0.25, -0.2) is 4.98 Å². The monoisotopic (exact) mass is 235 g/mol. The Morgan fingerprint density at radius 3 is 2.67 bits per heavy atom. The summed E-state index contributed by atoms with van der Waals surface area (Å²) in [5.74, 6) is 0. The second-order valence-electron chi connectivity index (χ2n) is 3.04. The van der Waals surface area contributed by atoms with Crippen LogP contribution in [0.1, 0.15) is 11.4 Å². The highest BCUT2D eigenvalue weighted by atomic mass is 35.5. The highest BCUT2D eigenvalue weighted by Gasteiger charge is 2.33. The van der Waals surface area contributed by atoms with Gasteiger partial charge in [-0.15, -0.1) is 0 Å². The zero-order chi connectivity index (χ0) is 11.2. The van der Waals surface area contributed by atoms with Crippen molar-refractivity contribution in [2.75, 3.05) is 0 Å². The van der Waals surface area contributed by atoms with E-state index in [-0.39, 0.29) is 10.7 Å². The van der Waals surface area contributed by atoms with Crippen LogP contribution in [0.4, 0.5) is 13.2 Å². The van der Waals surface area contributed by atoms with E-state index >= 15 is 0 Å². The predicted octanol–water partition coefficient (Wildman–Crippen LogP) is 2.94. The smallest absolute Gasteiger partial charge is 0.282 e. The first-order valence-corrected chi connectivity index (χ1v) is 4.36. The third-order valence-electron chi connectivity index (χ3n) is 1.96. The van der Waals surface area contributed by atoms with E-state index in [4.69, 9.17) is 11.6 Å². The van der Waals surface area contributed by atoms with Crippen LogP contribution in [-0.4, -0.2) is 15.2 Å². The molecule has 0 saturated carbocycles. The number of nitrogens with one attached hydrogen (secondary N) is 1. The van der Waals surface area contributed by atoms with E-state index in [1.807, 2.05) is 0 Å². The Labute approximate surface area is 87.3 Å². The molecule has 80 valence electrons. The Hall–Kier alpha value is -1.30. The average Bonchev–Trinajstić information content (AvgIpc) is 2.46. The van der Waals surface area contributed by atoms with Crippen LogP contribution in [0, 0.1) is 6.92 Å². The molecule has 3 nitrogen and oxygen atoms in total. The molecule has 15 heavy (non-hydrogen) atoms. The molecular weight excluding hydrogens is 231 g/mol. The lowest BCUT2D eigenvalue weighted by atomic mass is 10.2. The molecule has 2 aromatic heterocycles. The first-order valence-electron chi connectivity index (χ1n) is 3.98. The fourth-order valence-corrected chi connectivity index (χ4v) is 1.61. The molecule has 0 bridgehead atoms. The van der Waals surface area contributed by atoms with E-state index in [0.717, 1.165) is 6.07 Å². The minimum atomic E-state index is -4.51. The summed E-state index contributed by atoms with van der Waals surface area (Å²) < 4.78 is 37.0. The lowest BCUT2D eigenvalue weighted by molar-refractivity contribution is -0.141. The zero-order valence-corrected chi connectivity index (χ0v) is 8.24. The van der Waals surface area contributed by atoms with Crippen LogP contribution < -0.4 is 0 Å². The van der Waals surface area contributed by atoms with Crippen LogP contribution in [0.2, 0.25) is 5.15 Å². The summed E-state index contributed by atoms with van der Waals surface area (Å²) >= 11 is 5.64. The number of hydrogen-bond donors (Lipinski definition) is 1. The standard InChI is InChI=1S/C8H5ClF3N3/c1-3-6-4(15-14-3)2-5(8(10,11)12)13-7(6)9/h2H,1H3,(H,14,15). The van der Waals surface area contributed by atoms with E-state index in [0.29, 0.717) is 11.1 Å². The Kier molecular flexibility index (Phi) is 2.11. The molecule has 0 aromatic carbocycles. The molecule has 7 heteroatoms. The fourth-order valence-electron chi connectivity index (χ4n) is 1.28. The van der Waals surface area contributed by atoms with Crippen molar-refractivity contribution in [2.45, 2.75) is 13.1 Å². The molecule has 0 atom stereocenters. The average molecular weight is 236 g/mol. The van der Waals surface area contributed by atoms with Crippen LogP contribution in [-0.2, 0) is 6.18 Å². The molecule has 0 unspecified atom stereocenters. The maximum Gasteiger partial charge on any atom is 0.433 e. The number of aromatic nitrogens is 3. The Bertz CT molecular complexity index is 518. The molecule has 0 aliphatic carbocycles. The van der Waals surface area contributed by atoms with Gasteiger partial charge in [-0.3, -0.25) is 5.10 Å². The first-order chi connectivity index (χ1) is 6.89. The van der Waals surface area contributed by atoms with Gasteiger partial charge in [0.05, 0.1) is 10.9 Å².